The summed E-state index contributed by atoms with van der Waals surface area (Å²) in [5, 5.41) is 12.8. The number of fused-ring (bicyclic) bond motifs is 13. The van der Waals surface area contributed by atoms with Crippen LogP contribution < -0.4 is 0 Å². The van der Waals surface area contributed by atoms with Crippen molar-refractivity contribution in [2.24, 2.45) is 0 Å². The van der Waals surface area contributed by atoms with Crippen LogP contribution in [0.1, 0.15) is 42.5 Å². The van der Waals surface area contributed by atoms with Crippen molar-refractivity contribution in [3.8, 4) is 33.9 Å². The first-order valence-electron chi connectivity index (χ1n) is 18.0. The number of aromatic nitrogens is 2. The highest BCUT2D eigenvalue weighted by Gasteiger charge is 2.38. The van der Waals surface area contributed by atoms with Crippen molar-refractivity contribution in [2.45, 2.75) is 32.1 Å². The lowest BCUT2D eigenvalue weighted by molar-refractivity contribution is 0.658. The lowest BCUT2D eigenvalue weighted by Gasteiger charge is -2.20. The third-order valence-corrected chi connectivity index (χ3v) is 11.7. The number of hydrogen-bond donors (Lipinski definition) is 0. The summed E-state index contributed by atoms with van der Waals surface area (Å²) in [5.41, 5.74) is 11.3. The third-order valence-electron chi connectivity index (χ3n) is 11.7. The van der Waals surface area contributed by atoms with Crippen molar-refractivity contribution in [1.82, 2.24) is 9.97 Å². The first-order chi connectivity index (χ1) is 25.0. The summed E-state index contributed by atoms with van der Waals surface area (Å²) in [6, 6.07) is 49.3. The second-order valence-corrected chi connectivity index (χ2v) is 14.9. The van der Waals surface area contributed by atoms with Crippen molar-refractivity contribution in [3.05, 3.63) is 162 Å². The molecule has 0 amide bonds. The van der Waals surface area contributed by atoms with Crippen LogP contribution in [0.25, 0.3) is 93.8 Å². The minimum atomic E-state index is -0.181. The van der Waals surface area contributed by atoms with Crippen LogP contribution in [0.5, 0.6) is 0 Å². The van der Waals surface area contributed by atoms with Crippen LogP contribution in [-0.4, -0.2) is 9.97 Å². The highest BCUT2D eigenvalue weighted by atomic mass is 14.8. The van der Waals surface area contributed by atoms with Crippen LogP contribution in [0.3, 0.4) is 0 Å². The largest absolute Gasteiger partial charge is 0.246 e. The smallest absolute Gasteiger partial charge is 0.0937 e. The van der Waals surface area contributed by atoms with E-state index in [1.54, 1.807) is 0 Å². The molecule has 2 aromatic heterocycles. The van der Waals surface area contributed by atoms with Crippen molar-refractivity contribution >= 4 is 59.9 Å². The normalized spacial score (nSPS) is 14.4. The maximum absolute atomic E-state index is 5.37. The number of pyridine rings is 2. The van der Waals surface area contributed by atoms with Gasteiger partial charge in [0, 0.05) is 16.5 Å². The molecule has 0 radical (unpaired) electrons. The Morgan fingerprint density at radius 1 is 0.490 bits per heavy atom. The molecule has 11 rings (SSSR count). The molecule has 0 aliphatic heterocycles. The summed E-state index contributed by atoms with van der Waals surface area (Å²) in [5.74, 6) is 0. The van der Waals surface area contributed by atoms with Crippen molar-refractivity contribution < 1.29 is 0 Å². The van der Waals surface area contributed by atoms with E-state index >= 15 is 0 Å². The molecule has 7 aromatic carbocycles. The first-order valence-corrected chi connectivity index (χ1v) is 18.0. The van der Waals surface area contributed by atoms with Gasteiger partial charge in [-0.3, -0.25) is 0 Å². The van der Waals surface area contributed by atoms with Crippen LogP contribution in [-0.2, 0) is 11.8 Å². The second-order valence-electron chi connectivity index (χ2n) is 14.9. The van der Waals surface area contributed by atoms with E-state index in [4.69, 9.17) is 9.97 Å². The molecule has 240 valence electrons. The zero-order valence-corrected chi connectivity index (χ0v) is 28.7. The van der Waals surface area contributed by atoms with Gasteiger partial charge in [0.2, 0.25) is 0 Å². The molecular weight excluding hydrogens is 617 g/mol. The Morgan fingerprint density at radius 3 is 1.73 bits per heavy atom. The molecule has 2 aliphatic rings. The molecule has 0 N–H and O–H groups in total. The summed E-state index contributed by atoms with van der Waals surface area (Å²) in [7, 11) is 0. The average molecular weight is 651 g/mol. The van der Waals surface area contributed by atoms with Gasteiger partial charge in [0.25, 0.3) is 0 Å². The molecule has 0 fully saturated rings. The van der Waals surface area contributed by atoms with Crippen molar-refractivity contribution in [1.29, 1.82) is 0 Å². The van der Waals surface area contributed by atoms with Crippen LogP contribution in [0.15, 0.2) is 140 Å². The van der Waals surface area contributed by atoms with Gasteiger partial charge in [-0.15, -0.1) is 0 Å². The van der Waals surface area contributed by atoms with Gasteiger partial charge in [-0.1, -0.05) is 135 Å². The molecule has 2 heteroatoms. The monoisotopic (exact) mass is 650 g/mol. The molecule has 0 atom stereocenters. The van der Waals surface area contributed by atoms with Crippen molar-refractivity contribution in [3.63, 3.8) is 0 Å². The molecular formula is C49H34N2. The Bertz CT molecular complexity index is 3000. The van der Waals surface area contributed by atoms with Gasteiger partial charge in [-0.25, -0.2) is 9.97 Å². The summed E-state index contributed by atoms with van der Waals surface area (Å²) in [4.78, 5) is 10.7. The van der Waals surface area contributed by atoms with Crippen LogP contribution in [0, 0.1) is 0 Å². The van der Waals surface area contributed by atoms with Gasteiger partial charge >= 0.3 is 0 Å². The van der Waals surface area contributed by atoms with Gasteiger partial charge in [0.05, 0.1) is 22.8 Å². The summed E-state index contributed by atoms with van der Waals surface area (Å²) < 4.78 is 0. The number of allylic oxidation sites excluding steroid dienone is 1. The predicted octanol–water partition coefficient (Wildman–Crippen LogP) is 12.8. The minimum Gasteiger partial charge on any atom is -0.246 e. The molecule has 0 saturated carbocycles. The van der Waals surface area contributed by atoms with E-state index in [1.165, 1.54) is 76.1 Å². The number of aryl methyl sites for hydroxylation is 1. The average Bonchev–Trinajstić information content (AvgIpc) is 3.41. The highest BCUT2D eigenvalue weighted by molar-refractivity contribution is 6.20. The quantitative estimate of drug-likeness (QED) is 0.174. The first kappa shape index (κ1) is 28.7. The van der Waals surface area contributed by atoms with Crippen molar-refractivity contribution in [2.75, 3.05) is 0 Å². The Morgan fingerprint density at radius 2 is 1.04 bits per heavy atom. The van der Waals surface area contributed by atoms with Gasteiger partial charge in [0.15, 0.2) is 0 Å². The third kappa shape index (κ3) is 4.17. The van der Waals surface area contributed by atoms with E-state index in [0.29, 0.717) is 0 Å². The van der Waals surface area contributed by atoms with E-state index in [2.05, 4.69) is 159 Å². The Balaban J connectivity index is 1.02. The fourth-order valence-electron chi connectivity index (χ4n) is 8.98. The topological polar surface area (TPSA) is 25.8 Å². The van der Waals surface area contributed by atoms with E-state index in [9.17, 15) is 0 Å². The zero-order valence-electron chi connectivity index (χ0n) is 28.7. The summed E-state index contributed by atoms with van der Waals surface area (Å²) in [6.45, 7) is 4.59. The number of hydrogen-bond acceptors (Lipinski definition) is 2. The fourth-order valence-corrected chi connectivity index (χ4v) is 8.98. The molecule has 51 heavy (non-hydrogen) atoms. The molecule has 9 aromatic rings. The van der Waals surface area contributed by atoms with Crippen LogP contribution in [0.4, 0.5) is 0 Å². The molecule has 2 heterocycles. The maximum atomic E-state index is 5.37. The molecule has 0 spiro atoms. The van der Waals surface area contributed by atoms with Gasteiger partial charge in [-0.05, 0) is 113 Å². The molecule has 0 bridgehead atoms. The fraction of sp³-hybridized carbons (Fsp3) is 0.102. The number of rotatable bonds is 2. The molecule has 2 aliphatic carbocycles. The van der Waals surface area contributed by atoms with E-state index < -0.39 is 0 Å². The Hall–Kier alpha value is -6.12. The second kappa shape index (κ2) is 10.4. The van der Waals surface area contributed by atoms with Gasteiger partial charge in [-0.2, -0.15) is 0 Å². The SMILES string of the molecule is CC1(C)c2ccc(-c3ccc4c(ccc5ccc6c(c54)C=CCC6)c3)nc2-c2nc(-c3ccc4c(ccc5ccc6ccccc6c54)c3)ccc21. The highest BCUT2D eigenvalue weighted by Crippen LogP contribution is 2.48. The standard InChI is InChI=1S/C49H34N2/c1-49(2)41-23-25-43(35-19-21-39-33(27-35)17-15-31-13-11-29-7-3-5-9-37(29)45(31)39)50-47(41)48-42(49)24-26-44(51-48)36-20-22-40-34(28-36)18-16-32-14-12-30-8-4-6-10-38(30)46(32)40/h3,5-7,9-28H,4,8H2,1-2H3. The lowest BCUT2D eigenvalue weighted by atomic mass is 9.83. The van der Waals surface area contributed by atoms with Gasteiger partial charge < -0.3 is 0 Å². The molecule has 0 saturated heterocycles. The molecule has 2 nitrogen and oxygen atoms in total. The van der Waals surface area contributed by atoms with Gasteiger partial charge in [0.1, 0.15) is 0 Å². The van der Waals surface area contributed by atoms with E-state index in [-0.39, 0.29) is 5.41 Å². The Kier molecular flexibility index (Phi) is 5.88. The maximum Gasteiger partial charge on any atom is 0.0937 e. The zero-order chi connectivity index (χ0) is 33.8. The Labute approximate surface area is 296 Å². The minimum absolute atomic E-state index is 0.181. The molecule has 0 unspecified atom stereocenters. The predicted molar refractivity (Wildman–Crippen MR) is 215 cm³/mol. The van der Waals surface area contributed by atoms with Crippen LogP contribution >= 0.6 is 0 Å². The van der Waals surface area contributed by atoms with E-state index in [0.717, 1.165) is 46.7 Å². The lowest BCUT2D eigenvalue weighted by Crippen LogP contribution is -2.15. The summed E-state index contributed by atoms with van der Waals surface area (Å²) >= 11 is 0. The number of benzene rings is 7. The van der Waals surface area contributed by atoms with E-state index in [1.807, 2.05) is 0 Å². The number of nitrogens with zero attached hydrogens (tertiary/aromatic N) is 2. The van der Waals surface area contributed by atoms with Crippen LogP contribution in [0.2, 0.25) is 0 Å². The summed E-state index contributed by atoms with van der Waals surface area (Å²) in [6.07, 6.45) is 6.85.